The fourth-order valence-electron chi connectivity index (χ4n) is 9.89. The van der Waals surface area contributed by atoms with Gasteiger partial charge in [0, 0.05) is 33.9 Å². The van der Waals surface area contributed by atoms with E-state index in [1.54, 1.807) is 91.0 Å². The Morgan fingerprint density at radius 1 is 0.655 bits per heavy atom. The number of nitro benzene ring substituents is 2. The van der Waals surface area contributed by atoms with Gasteiger partial charge < -0.3 is 83.5 Å². The summed E-state index contributed by atoms with van der Waals surface area (Å²) < 4.78 is 58.7. The van der Waals surface area contributed by atoms with Gasteiger partial charge >= 0.3 is 36.2 Å². The molecule has 1 saturated carbocycles. The van der Waals surface area contributed by atoms with Crippen molar-refractivity contribution in [3.05, 3.63) is 146 Å². The normalized spacial score (nSPS) is 27.3. The van der Waals surface area contributed by atoms with Gasteiger partial charge in [0.05, 0.1) is 40.6 Å². The number of carbonyl (C=O) groups excluding carboxylic acids is 6. The number of nitrogens with zero attached hydrogens (tertiary/aromatic N) is 3. The number of likely N-dealkylation sites (N-methyl/N-ethyl adjacent to an activating group) is 1. The molecular weight excluding hydrogens is 1110 g/mol. The van der Waals surface area contributed by atoms with Gasteiger partial charge in [-0.3, -0.25) is 34.6 Å². The summed E-state index contributed by atoms with van der Waals surface area (Å²) in [6, 6.07) is 21.7. The number of ether oxygens (including phenoxy) is 10. The molecule has 3 amide bonds. The van der Waals surface area contributed by atoms with E-state index < -0.39 is 168 Å². The zero-order chi connectivity index (χ0) is 60.8. The van der Waals surface area contributed by atoms with E-state index in [1.807, 2.05) is 0 Å². The highest BCUT2D eigenvalue weighted by molar-refractivity contribution is 5.71. The van der Waals surface area contributed by atoms with Crippen LogP contribution in [-0.2, 0) is 81.6 Å². The molecule has 0 aromatic heterocycles. The van der Waals surface area contributed by atoms with E-state index in [9.17, 15) is 64.3 Å². The third-order valence-corrected chi connectivity index (χ3v) is 13.7. The van der Waals surface area contributed by atoms with Gasteiger partial charge in [-0.05, 0) is 36.1 Å². The topological polar surface area (TPSA) is 381 Å². The molecule has 2 heterocycles. The Balaban J connectivity index is 1.31. The summed E-state index contributed by atoms with van der Waals surface area (Å²) in [5, 5.41) is 69.2. The van der Waals surface area contributed by atoms with Gasteiger partial charge in [-0.25, -0.2) is 14.4 Å². The highest BCUT2D eigenvalue weighted by Gasteiger charge is 2.57. The maximum Gasteiger partial charge on any atom is 0.410 e. The summed E-state index contributed by atoms with van der Waals surface area (Å²) in [5.41, 5.74) is -2.31. The minimum Gasteiger partial charge on any atom is -0.463 e. The number of aliphatic hydroxyl groups is 3. The predicted molar refractivity (Wildman–Crippen MR) is 286 cm³/mol. The SMILES string of the molecule is CC(=O)OC[C@H]1O[C@H](O[C@H]2[C@H](O)[C@@H](O[C@H]3OC[C@](C)(O)[C@H](N(C)C(=O)OCc4ccccc4)[C@H]3O)[C@H](NC(=O)OCc3ccccc3)C[C@@H]2NC(=O)OCc2ccccc2)[C@H](Nc2ccc([N+](=O)[O-])cc2[N+](=O)[O-])[C@@H](OC(C)=O)[C@@H]1OC(C)=O. The van der Waals surface area contributed by atoms with Crippen LogP contribution in [0, 0.1) is 20.2 Å². The quantitative estimate of drug-likeness (QED) is 0.0300. The average Bonchev–Trinajstić information content (AvgIpc) is 1.51. The van der Waals surface area contributed by atoms with Gasteiger partial charge in [0.15, 0.2) is 24.8 Å². The van der Waals surface area contributed by atoms with Gasteiger partial charge in [-0.1, -0.05) is 91.0 Å². The number of nitrogens with one attached hydrogen (secondary N) is 3. The van der Waals surface area contributed by atoms with Crippen LogP contribution in [0.3, 0.4) is 0 Å². The first-order chi connectivity index (χ1) is 40.0. The van der Waals surface area contributed by atoms with E-state index in [1.165, 1.54) is 14.0 Å². The zero-order valence-corrected chi connectivity index (χ0v) is 46.0. The molecule has 4 aromatic carbocycles. The molecule has 0 unspecified atom stereocenters. The highest BCUT2D eigenvalue weighted by Crippen LogP contribution is 2.38. The van der Waals surface area contributed by atoms with E-state index in [0.717, 1.165) is 37.8 Å². The molecule has 29 heteroatoms. The van der Waals surface area contributed by atoms with Gasteiger partial charge in [-0.15, -0.1) is 0 Å². The van der Waals surface area contributed by atoms with Crippen LogP contribution >= 0.6 is 0 Å². The lowest BCUT2D eigenvalue weighted by Crippen LogP contribution is -2.71. The number of carbonyl (C=O) groups is 6. The van der Waals surface area contributed by atoms with Crippen LogP contribution in [0.2, 0.25) is 0 Å². The van der Waals surface area contributed by atoms with E-state index in [2.05, 4.69) is 16.0 Å². The first-order valence-corrected chi connectivity index (χ1v) is 26.2. The third kappa shape index (κ3) is 16.6. The molecule has 7 rings (SSSR count). The summed E-state index contributed by atoms with van der Waals surface area (Å²) in [4.78, 5) is 103. The maximum absolute atomic E-state index is 14.0. The van der Waals surface area contributed by atoms with Crippen molar-refractivity contribution in [3.63, 3.8) is 0 Å². The molecule has 3 aliphatic rings. The molecule has 14 atom stereocenters. The van der Waals surface area contributed by atoms with Crippen molar-refractivity contribution in [2.24, 2.45) is 0 Å². The van der Waals surface area contributed by atoms with Crippen molar-refractivity contribution in [1.82, 2.24) is 15.5 Å². The monoisotopic (exact) mass is 1180 g/mol. The van der Waals surface area contributed by atoms with Crippen molar-refractivity contribution < 1.29 is 101 Å². The second kappa shape index (κ2) is 28.6. The number of nitro groups is 2. The summed E-state index contributed by atoms with van der Waals surface area (Å²) in [7, 11) is 1.25. The molecule has 84 heavy (non-hydrogen) atoms. The molecule has 29 nitrogen and oxygen atoms in total. The van der Waals surface area contributed by atoms with Crippen molar-refractivity contribution in [2.45, 2.75) is 139 Å². The molecule has 3 fully saturated rings. The number of non-ortho nitro benzene ring substituents is 1. The third-order valence-electron chi connectivity index (χ3n) is 13.7. The summed E-state index contributed by atoms with van der Waals surface area (Å²) in [5.74, 6) is -2.88. The van der Waals surface area contributed by atoms with Crippen LogP contribution in [-0.4, -0.2) is 172 Å². The van der Waals surface area contributed by atoms with Gasteiger partial charge in [-0.2, -0.15) is 0 Å². The summed E-state index contributed by atoms with van der Waals surface area (Å²) in [6.45, 7) is 2.18. The minimum atomic E-state index is -2.17. The Bertz CT molecular complexity index is 2940. The number of alkyl carbamates (subject to hydrolysis) is 2. The summed E-state index contributed by atoms with van der Waals surface area (Å²) in [6.07, 6.45) is -20.7. The number of anilines is 1. The number of hydrogen-bond donors (Lipinski definition) is 6. The van der Waals surface area contributed by atoms with E-state index in [4.69, 9.17) is 47.4 Å². The Labute approximate surface area is 479 Å². The standard InChI is InChI=1S/C55H64N6O23/c1-30(62)75-28-41-47(80-31(2)63)48(81-32(3)64)42(56-37-22-21-36(60(71)72)23-40(37)61(73)74)50(82-41)83-45-38(57-52(67)76-25-33-15-9-6-10-16-33)24-39(58-53(68)77-26-34-17-11-7-12-18-34)46(43(45)65)84-51-44(66)49(55(4,70)29-79-51)59(5)54(69)78-27-35-19-13-8-14-20-35/h6-23,38-39,41-51,56,65-66,70H,24-29H2,1-5H3,(H,57,67)(H,58,68)/t38-,39+,41+,42+,43-,44+,45+,46-,47+,48+,49+,50+,51+,55-/m0/s1. The number of esters is 3. The smallest absolute Gasteiger partial charge is 0.410 e. The first-order valence-electron chi connectivity index (χ1n) is 26.2. The average molecular weight is 1180 g/mol. The lowest BCUT2D eigenvalue weighted by Gasteiger charge is -2.51. The Kier molecular flexibility index (Phi) is 21.5. The highest BCUT2D eigenvalue weighted by atomic mass is 16.7. The van der Waals surface area contributed by atoms with Crippen molar-refractivity contribution in [3.8, 4) is 0 Å². The predicted octanol–water partition coefficient (Wildman–Crippen LogP) is 3.67. The molecule has 4 aromatic rings. The maximum atomic E-state index is 14.0. The molecule has 2 aliphatic heterocycles. The number of benzene rings is 4. The van der Waals surface area contributed by atoms with E-state index in [-0.39, 0.29) is 19.8 Å². The molecular formula is C55H64N6O23. The van der Waals surface area contributed by atoms with E-state index >= 15 is 0 Å². The second-order valence-electron chi connectivity index (χ2n) is 20.1. The van der Waals surface area contributed by atoms with Crippen LogP contribution in [0.5, 0.6) is 0 Å². The fourth-order valence-corrected chi connectivity index (χ4v) is 9.89. The number of rotatable bonds is 21. The molecule has 6 N–H and O–H groups in total. The zero-order valence-electron chi connectivity index (χ0n) is 46.0. The molecule has 0 radical (unpaired) electrons. The lowest BCUT2D eigenvalue weighted by molar-refractivity contribution is -0.393. The van der Waals surface area contributed by atoms with Crippen LogP contribution in [0.1, 0.15) is 50.8 Å². The number of aliphatic hydroxyl groups excluding tert-OH is 2. The Hall–Kier alpha value is -8.58. The van der Waals surface area contributed by atoms with Crippen molar-refractivity contribution in [2.75, 3.05) is 25.6 Å². The summed E-state index contributed by atoms with van der Waals surface area (Å²) >= 11 is 0. The van der Waals surface area contributed by atoms with Crippen molar-refractivity contribution >= 4 is 53.2 Å². The lowest BCUT2D eigenvalue weighted by atomic mass is 9.83. The van der Waals surface area contributed by atoms with Gasteiger partial charge in [0.1, 0.15) is 74.3 Å². The van der Waals surface area contributed by atoms with Crippen LogP contribution in [0.25, 0.3) is 0 Å². The molecule has 0 bridgehead atoms. The molecule has 452 valence electrons. The number of hydrogen-bond acceptors (Lipinski definition) is 24. The second-order valence-corrected chi connectivity index (χ2v) is 20.1. The van der Waals surface area contributed by atoms with Gasteiger partial charge in [0.25, 0.3) is 11.4 Å². The van der Waals surface area contributed by atoms with E-state index in [0.29, 0.717) is 22.8 Å². The van der Waals surface area contributed by atoms with Crippen LogP contribution < -0.4 is 16.0 Å². The minimum absolute atomic E-state index is 0.188. The van der Waals surface area contributed by atoms with Gasteiger partial charge in [0.2, 0.25) is 0 Å². The molecule has 1 aliphatic carbocycles. The number of amides is 3. The Morgan fingerprint density at radius 3 is 1.64 bits per heavy atom. The van der Waals surface area contributed by atoms with Crippen molar-refractivity contribution in [1.29, 1.82) is 0 Å². The van der Waals surface area contributed by atoms with Crippen LogP contribution in [0.4, 0.5) is 31.4 Å². The fraction of sp³-hybridized carbons (Fsp3) is 0.455. The Morgan fingerprint density at radius 2 is 1.15 bits per heavy atom. The largest absolute Gasteiger partial charge is 0.463 e. The van der Waals surface area contributed by atoms with Crippen LogP contribution in [0.15, 0.2) is 109 Å². The molecule has 2 saturated heterocycles. The molecule has 0 spiro atoms. The first kappa shape index (κ1) is 63.0.